The van der Waals surface area contributed by atoms with Crippen LogP contribution in [0.5, 0.6) is 0 Å². The van der Waals surface area contributed by atoms with Gasteiger partial charge in [-0.15, -0.1) is 24.0 Å². The van der Waals surface area contributed by atoms with Crippen LogP contribution in [0.2, 0.25) is 0 Å². The molecule has 1 aliphatic heterocycles. The second-order valence-corrected chi connectivity index (χ2v) is 8.02. The van der Waals surface area contributed by atoms with E-state index in [-0.39, 0.29) is 30.1 Å². The third-order valence-corrected chi connectivity index (χ3v) is 5.87. The van der Waals surface area contributed by atoms with E-state index < -0.39 is 0 Å². The van der Waals surface area contributed by atoms with Crippen molar-refractivity contribution in [3.8, 4) is 0 Å². The average Bonchev–Trinajstić information content (AvgIpc) is 3.11. The van der Waals surface area contributed by atoms with Crippen molar-refractivity contribution >= 4 is 35.6 Å². The fraction of sp³-hybridized carbons (Fsp3) is 0.682. The summed E-state index contributed by atoms with van der Waals surface area (Å²) >= 11 is 0. The van der Waals surface area contributed by atoms with Crippen molar-refractivity contribution < 1.29 is 5.11 Å². The van der Waals surface area contributed by atoms with Crippen LogP contribution in [0, 0.1) is 5.92 Å². The Morgan fingerprint density at radius 3 is 2.46 bits per heavy atom. The van der Waals surface area contributed by atoms with Gasteiger partial charge in [0, 0.05) is 51.4 Å². The summed E-state index contributed by atoms with van der Waals surface area (Å²) in [6.45, 7) is 6.86. The molecule has 2 N–H and O–H groups in total. The molecular formula is C22H37IN4O. The molecule has 1 saturated carbocycles. The molecule has 2 fully saturated rings. The van der Waals surface area contributed by atoms with Crippen molar-refractivity contribution in [3.05, 3.63) is 29.8 Å². The van der Waals surface area contributed by atoms with Crippen LogP contribution < -0.4 is 10.2 Å². The van der Waals surface area contributed by atoms with Gasteiger partial charge in [-0.3, -0.25) is 4.99 Å². The first-order chi connectivity index (χ1) is 13.2. The predicted octanol–water partition coefficient (Wildman–Crippen LogP) is 3.85. The third-order valence-electron chi connectivity index (χ3n) is 5.87. The number of anilines is 1. The topological polar surface area (TPSA) is 51.1 Å². The molecule has 1 aliphatic carbocycles. The molecule has 0 spiro atoms. The Hall–Kier alpha value is -1.02. The molecule has 28 heavy (non-hydrogen) atoms. The van der Waals surface area contributed by atoms with Gasteiger partial charge in [0.05, 0.1) is 6.10 Å². The van der Waals surface area contributed by atoms with Gasteiger partial charge in [-0.1, -0.05) is 18.6 Å². The van der Waals surface area contributed by atoms with Crippen molar-refractivity contribution in [1.82, 2.24) is 10.2 Å². The fourth-order valence-electron chi connectivity index (χ4n) is 4.22. The molecule has 0 amide bonds. The smallest absolute Gasteiger partial charge is 0.193 e. The van der Waals surface area contributed by atoms with E-state index in [0.717, 1.165) is 38.3 Å². The van der Waals surface area contributed by atoms with Crippen molar-refractivity contribution in [2.75, 3.05) is 38.1 Å². The summed E-state index contributed by atoms with van der Waals surface area (Å²) in [5, 5.41) is 13.4. The number of aliphatic imine (C=N–C) groups is 1. The Morgan fingerprint density at radius 2 is 1.86 bits per heavy atom. The number of nitrogens with zero attached hydrogens (tertiary/aromatic N) is 3. The predicted molar refractivity (Wildman–Crippen MR) is 129 cm³/mol. The number of aliphatic hydroxyl groups is 1. The molecule has 158 valence electrons. The molecule has 1 heterocycles. The minimum atomic E-state index is -0.177. The lowest BCUT2D eigenvalue weighted by Gasteiger charge is -2.29. The number of hydrogen-bond donors (Lipinski definition) is 2. The molecule has 0 radical (unpaired) electrons. The molecular weight excluding hydrogens is 463 g/mol. The van der Waals surface area contributed by atoms with Gasteiger partial charge in [0.25, 0.3) is 0 Å². The number of benzene rings is 1. The Labute approximate surface area is 187 Å². The summed E-state index contributed by atoms with van der Waals surface area (Å²) in [6, 6.07) is 9.00. The van der Waals surface area contributed by atoms with Crippen LogP contribution in [0.25, 0.3) is 0 Å². The molecule has 2 unspecified atom stereocenters. The van der Waals surface area contributed by atoms with Crippen LogP contribution >= 0.6 is 24.0 Å². The van der Waals surface area contributed by atoms with E-state index >= 15 is 0 Å². The lowest BCUT2D eigenvalue weighted by atomic mass is 10.1. The van der Waals surface area contributed by atoms with Crippen molar-refractivity contribution in [2.45, 2.75) is 58.1 Å². The van der Waals surface area contributed by atoms with Crippen molar-refractivity contribution in [3.63, 3.8) is 0 Å². The highest BCUT2D eigenvalue weighted by Gasteiger charge is 2.25. The minimum Gasteiger partial charge on any atom is -0.393 e. The van der Waals surface area contributed by atoms with Gasteiger partial charge in [-0.05, 0) is 56.7 Å². The SMILES string of the molecule is CCNC(=NCC1CCCC1O)N(C)Cc1ccc(N2CCCCC2)cc1.I. The number of nitrogens with one attached hydrogen (secondary N) is 1. The largest absolute Gasteiger partial charge is 0.393 e. The highest BCUT2D eigenvalue weighted by atomic mass is 127. The second kappa shape index (κ2) is 11.9. The minimum absolute atomic E-state index is 0. The molecule has 2 aliphatic rings. The zero-order valence-electron chi connectivity index (χ0n) is 17.4. The van der Waals surface area contributed by atoms with Gasteiger partial charge in [-0.2, -0.15) is 0 Å². The number of guanidine groups is 1. The van der Waals surface area contributed by atoms with Gasteiger partial charge in [0.1, 0.15) is 0 Å². The number of piperidine rings is 1. The maximum Gasteiger partial charge on any atom is 0.193 e. The van der Waals surface area contributed by atoms with Gasteiger partial charge in [0.2, 0.25) is 0 Å². The van der Waals surface area contributed by atoms with E-state index in [2.05, 4.69) is 53.4 Å². The van der Waals surface area contributed by atoms with Gasteiger partial charge >= 0.3 is 0 Å². The van der Waals surface area contributed by atoms with Crippen LogP contribution in [0.3, 0.4) is 0 Å². The molecule has 3 rings (SSSR count). The number of halogens is 1. The monoisotopic (exact) mass is 500 g/mol. The summed E-state index contributed by atoms with van der Waals surface area (Å²) in [4.78, 5) is 9.47. The Bertz CT molecular complexity index is 601. The first-order valence-corrected chi connectivity index (χ1v) is 10.7. The van der Waals surface area contributed by atoms with E-state index in [1.54, 1.807) is 0 Å². The first-order valence-electron chi connectivity index (χ1n) is 10.7. The lowest BCUT2D eigenvalue weighted by molar-refractivity contribution is 0.136. The molecule has 0 bridgehead atoms. The Balaban J connectivity index is 0.00000280. The van der Waals surface area contributed by atoms with E-state index in [9.17, 15) is 5.11 Å². The molecule has 1 aromatic rings. The van der Waals surface area contributed by atoms with Gasteiger partial charge < -0.3 is 20.2 Å². The standard InChI is InChI=1S/C22H36N4O.HI/c1-3-23-22(24-16-19-8-7-9-21(19)27)25(2)17-18-10-12-20(13-11-18)26-14-5-4-6-15-26;/h10-13,19,21,27H,3-9,14-17H2,1-2H3,(H,23,24);1H. The van der Waals surface area contributed by atoms with Crippen LogP contribution in [-0.4, -0.2) is 55.3 Å². The third kappa shape index (κ3) is 6.51. The van der Waals surface area contributed by atoms with Crippen LogP contribution in [0.1, 0.15) is 51.0 Å². The first kappa shape index (κ1) is 23.3. The number of rotatable bonds is 6. The Morgan fingerprint density at radius 1 is 1.14 bits per heavy atom. The van der Waals surface area contributed by atoms with E-state index in [1.807, 2.05) is 0 Å². The number of aliphatic hydroxyl groups excluding tert-OH is 1. The zero-order valence-corrected chi connectivity index (χ0v) is 19.8. The molecule has 1 saturated heterocycles. The maximum absolute atomic E-state index is 10.0. The Kier molecular flexibility index (Phi) is 9.85. The van der Waals surface area contributed by atoms with Gasteiger partial charge in [-0.25, -0.2) is 0 Å². The van der Waals surface area contributed by atoms with Crippen LogP contribution in [0.4, 0.5) is 5.69 Å². The normalized spacial score (nSPS) is 22.7. The summed E-state index contributed by atoms with van der Waals surface area (Å²) in [5.41, 5.74) is 2.64. The highest BCUT2D eigenvalue weighted by molar-refractivity contribution is 14.0. The number of hydrogen-bond acceptors (Lipinski definition) is 3. The highest BCUT2D eigenvalue weighted by Crippen LogP contribution is 2.25. The van der Waals surface area contributed by atoms with Crippen molar-refractivity contribution in [2.24, 2.45) is 10.9 Å². The molecule has 0 aromatic heterocycles. The van der Waals surface area contributed by atoms with E-state index in [1.165, 1.54) is 43.6 Å². The second-order valence-electron chi connectivity index (χ2n) is 8.02. The summed E-state index contributed by atoms with van der Waals surface area (Å²) in [7, 11) is 2.09. The fourth-order valence-corrected chi connectivity index (χ4v) is 4.22. The maximum atomic E-state index is 10.0. The summed E-state index contributed by atoms with van der Waals surface area (Å²) in [5.74, 6) is 1.24. The molecule has 5 nitrogen and oxygen atoms in total. The van der Waals surface area contributed by atoms with Crippen molar-refractivity contribution in [1.29, 1.82) is 0 Å². The quantitative estimate of drug-likeness (QED) is 0.354. The molecule has 6 heteroatoms. The summed E-state index contributed by atoms with van der Waals surface area (Å²) < 4.78 is 0. The lowest BCUT2D eigenvalue weighted by Crippen LogP contribution is -2.39. The van der Waals surface area contributed by atoms with E-state index in [0.29, 0.717) is 12.5 Å². The molecule has 2 atom stereocenters. The van der Waals surface area contributed by atoms with Crippen LogP contribution in [-0.2, 0) is 6.54 Å². The average molecular weight is 500 g/mol. The summed E-state index contributed by atoms with van der Waals surface area (Å²) in [6.07, 6.45) is 6.94. The zero-order chi connectivity index (χ0) is 19.1. The van der Waals surface area contributed by atoms with E-state index in [4.69, 9.17) is 4.99 Å². The molecule has 1 aromatic carbocycles. The van der Waals surface area contributed by atoms with Crippen LogP contribution in [0.15, 0.2) is 29.3 Å². The van der Waals surface area contributed by atoms with Gasteiger partial charge in [0.15, 0.2) is 5.96 Å².